The Morgan fingerprint density at radius 3 is 2.55 bits per heavy atom. The van der Waals surface area contributed by atoms with E-state index in [4.69, 9.17) is 5.26 Å². The normalized spacial score (nSPS) is 10.2. The molecule has 20 heavy (non-hydrogen) atoms. The molecule has 1 aromatic carbocycles. The lowest BCUT2D eigenvalue weighted by Crippen LogP contribution is -1.99. The Kier molecular flexibility index (Phi) is 5.39. The summed E-state index contributed by atoms with van der Waals surface area (Å²) in [6, 6.07) is 8.45. The van der Waals surface area contributed by atoms with Gasteiger partial charge in [0.25, 0.3) is 0 Å². The Hall–Kier alpha value is -1.58. The number of thioether (sulfide) groups is 1. The molecule has 0 saturated heterocycles. The number of nitriles is 1. The van der Waals surface area contributed by atoms with Gasteiger partial charge in [0.05, 0.1) is 11.8 Å². The van der Waals surface area contributed by atoms with Crippen LogP contribution in [0.5, 0.6) is 0 Å². The van der Waals surface area contributed by atoms with E-state index in [2.05, 4.69) is 53.6 Å². The van der Waals surface area contributed by atoms with Crippen LogP contribution in [0.3, 0.4) is 0 Å². The number of hydrogen-bond acceptors (Lipinski definition) is 6. The fourth-order valence-electron chi connectivity index (χ4n) is 1.92. The molecule has 6 heteroatoms. The zero-order chi connectivity index (χ0) is 14.4. The van der Waals surface area contributed by atoms with Gasteiger partial charge in [0.15, 0.2) is 4.34 Å². The summed E-state index contributed by atoms with van der Waals surface area (Å²) >= 11 is 2.90. The molecule has 1 heterocycles. The number of hydrogen-bond donors (Lipinski definition) is 1. The van der Waals surface area contributed by atoms with Crippen molar-refractivity contribution in [1.29, 1.82) is 5.26 Å². The smallest absolute Gasteiger partial charge is 0.210 e. The number of benzene rings is 1. The molecule has 4 nitrogen and oxygen atoms in total. The van der Waals surface area contributed by atoms with Crippen molar-refractivity contribution in [3.8, 4) is 6.07 Å². The molecular formula is C14H16N4S2. The Labute approximate surface area is 127 Å². The lowest BCUT2D eigenvalue weighted by molar-refractivity contribution is 1.01. The first-order valence-corrected chi connectivity index (χ1v) is 8.29. The van der Waals surface area contributed by atoms with E-state index in [9.17, 15) is 0 Å². The maximum Gasteiger partial charge on any atom is 0.210 e. The number of rotatable bonds is 6. The highest BCUT2D eigenvalue weighted by Gasteiger charge is 2.10. The minimum atomic E-state index is 0.403. The Balaban J connectivity index is 2.21. The lowest BCUT2D eigenvalue weighted by atomic mass is 10.0. The van der Waals surface area contributed by atoms with Gasteiger partial charge in [0.1, 0.15) is 0 Å². The molecule has 0 aliphatic heterocycles. The van der Waals surface area contributed by atoms with E-state index in [0.717, 1.165) is 28.0 Å². The van der Waals surface area contributed by atoms with Crippen molar-refractivity contribution in [2.24, 2.45) is 0 Å². The third-order valence-corrected chi connectivity index (χ3v) is 4.74. The van der Waals surface area contributed by atoms with Gasteiger partial charge in [-0.2, -0.15) is 5.26 Å². The third-order valence-electron chi connectivity index (χ3n) is 2.90. The maximum atomic E-state index is 8.58. The highest BCUT2D eigenvalue weighted by molar-refractivity contribution is 8.01. The molecule has 2 rings (SSSR count). The van der Waals surface area contributed by atoms with Crippen LogP contribution in [0.4, 0.5) is 10.8 Å². The topological polar surface area (TPSA) is 61.6 Å². The fourth-order valence-corrected chi connectivity index (χ4v) is 3.34. The zero-order valence-electron chi connectivity index (χ0n) is 11.5. The largest absolute Gasteiger partial charge is 0.330 e. The van der Waals surface area contributed by atoms with Crippen molar-refractivity contribution < 1.29 is 0 Å². The van der Waals surface area contributed by atoms with E-state index in [1.165, 1.54) is 34.2 Å². The summed E-state index contributed by atoms with van der Waals surface area (Å²) in [6.07, 6.45) is 1.95. The second-order valence-corrected chi connectivity index (χ2v) is 6.30. The maximum absolute atomic E-state index is 8.58. The van der Waals surface area contributed by atoms with Crippen LogP contribution in [0.1, 0.15) is 25.0 Å². The van der Waals surface area contributed by atoms with Gasteiger partial charge >= 0.3 is 0 Å². The third kappa shape index (κ3) is 3.50. The van der Waals surface area contributed by atoms with Crippen molar-refractivity contribution in [2.75, 3.05) is 11.1 Å². The minimum Gasteiger partial charge on any atom is -0.330 e. The first kappa shape index (κ1) is 14.8. The highest BCUT2D eigenvalue weighted by Crippen LogP contribution is 2.30. The number of nitrogens with one attached hydrogen (secondary N) is 1. The van der Waals surface area contributed by atoms with Crippen molar-refractivity contribution in [3.63, 3.8) is 0 Å². The number of para-hydroxylation sites is 1. The molecule has 0 fully saturated rings. The molecule has 1 aromatic heterocycles. The van der Waals surface area contributed by atoms with Crippen molar-refractivity contribution in [3.05, 3.63) is 29.3 Å². The molecule has 1 N–H and O–H groups in total. The summed E-state index contributed by atoms with van der Waals surface area (Å²) in [5, 5.41) is 21.0. The van der Waals surface area contributed by atoms with Gasteiger partial charge in [-0.15, -0.1) is 10.2 Å². The van der Waals surface area contributed by atoms with Crippen molar-refractivity contribution in [2.45, 2.75) is 31.0 Å². The molecule has 0 unspecified atom stereocenters. The molecule has 0 bridgehead atoms. The monoisotopic (exact) mass is 304 g/mol. The molecule has 0 saturated carbocycles. The molecular weight excluding hydrogens is 288 g/mol. The first-order chi connectivity index (χ1) is 9.78. The van der Waals surface area contributed by atoms with Gasteiger partial charge < -0.3 is 5.32 Å². The van der Waals surface area contributed by atoms with Crippen LogP contribution in [0.2, 0.25) is 0 Å². The molecule has 0 spiro atoms. The van der Waals surface area contributed by atoms with Crippen LogP contribution in [-0.2, 0) is 12.8 Å². The van der Waals surface area contributed by atoms with Gasteiger partial charge in [-0.3, -0.25) is 0 Å². The molecule has 104 valence electrons. The first-order valence-electron chi connectivity index (χ1n) is 6.49. The summed E-state index contributed by atoms with van der Waals surface area (Å²) in [6.45, 7) is 4.29. The molecule has 0 amide bonds. The average molecular weight is 304 g/mol. The number of nitrogens with zero attached hydrogens (tertiary/aromatic N) is 3. The van der Waals surface area contributed by atoms with Crippen molar-refractivity contribution in [1.82, 2.24) is 10.2 Å². The second-order valence-electron chi connectivity index (χ2n) is 4.10. The lowest BCUT2D eigenvalue weighted by Gasteiger charge is -2.12. The van der Waals surface area contributed by atoms with Gasteiger partial charge in [-0.1, -0.05) is 55.1 Å². The Morgan fingerprint density at radius 2 is 1.95 bits per heavy atom. The van der Waals surface area contributed by atoms with E-state index in [0.29, 0.717) is 5.75 Å². The zero-order valence-corrected chi connectivity index (χ0v) is 13.1. The van der Waals surface area contributed by atoms with Crippen LogP contribution in [-0.4, -0.2) is 16.0 Å². The van der Waals surface area contributed by atoms with E-state index in [1.807, 2.05) is 0 Å². The molecule has 2 aromatic rings. The summed E-state index contributed by atoms with van der Waals surface area (Å²) in [5.74, 6) is 0.403. The van der Waals surface area contributed by atoms with Crippen LogP contribution >= 0.6 is 23.1 Å². The molecule has 0 aliphatic rings. The summed E-state index contributed by atoms with van der Waals surface area (Å²) < 4.78 is 0.820. The molecule has 0 radical (unpaired) electrons. The Bertz CT molecular complexity index is 594. The number of aromatic nitrogens is 2. The highest BCUT2D eigenvalue weighted by atomic mass is 32.2. The quantitative estimate of drug-likeness (QED) is 0.817. The Morgan fingerprint density at radius 1 is 1.25 bits per heavy atom. The van der Waals surface area contributed by atoms with Crippen LogP contribution < -0.4 is 5.32 Å². The summed E-state index contributed by atoms with van der Waals surface area (Å²) in [7, 11) is 0. The van der Waals surface area contributed by atoms with Crippen LogP contribution in [0, 0.1) is 11.3 Å². The molecule has 0 atom stereocenters. The van der Waals surface area contributed by atoms with Crippen LogP contribution in [0.25, 0.3) is 0 Å². The standard InChI is InChI=1S/C14H16N4S2/c1-3-10-6-5-7-11(4-2)12(10)16-13-17-18-14(20-13)19-9-8-15/h5-7H,3-4,9H2,1-2H3,(H,16,17). The molecule has 0 aliphatic carbocycles. The summed E-state index contributed by atoms with van der Waals surface area (Å²) in [5.41, 5.74) is 3.71. The van der Waals surface area contributed by atoms with Gasteiger partial charge in [0, 0.05) is 5.69 Å². The van der Waals surface area contributed by atoms with E-state index in [-0.39, 0.29) is 0 Å². The predicted octanol–water partition coefficient (Wildman–Crippen LogP) is 4.02. The number of anilines is 2. The average Bonchev–Trinajstić information content (AvgIpc) is 2.93. The van der Waals surface area contributed by atoms with Crippen LogP contribution in [0.15, 0.2) is 22.5 Å². The number of aryl methyl sites for hydroxylation is 2. The van der Waals surface area contributed by atoms with Gasteiger partial charge in [-0.25, -0.2) is 0 Å². The van der Waals surface area contributed by atoms with Gasteiger partial charge in [0.2, 0.25) is 5.13 Å². The van der Waals surface area contributed by atoms with Crippen molar-refractivity contribution >= 4 is 33.9 Å². The van der Waals surface area contributed by atoms with Gasteiger partial charge in [-0.05, 0) is 24.0 Å². The second kappa shape index (κ2) is 7.27. The SMILES string of the molecule is CCc1cccc(CC)c1Nc1nnc(SCC#N)s1. The van der Waals surface area contributed by atoms with E-state index >= 15 is 0 Å². The van der Waals surface area contributed by atoms with E-state index < -0.39 is 0 Å². The predicted molar refractivity (Wildman–Crippen MR) is 84.7 cm³/mol. The fraction of sp³-hybridized carbons (Fsp3) is 0.357. The minimum absolute atomic E-state index is 0.403. The summed E-state index contributed by atoms with van der Waals surface area (Å²) in [4.78, 5) is 0. The van der Waals surface area contributed by atoms with E-state index in [1.54, 1.807) is 0 Å².